The molecule has 1 aromatic carbocycles. The molecule has 1 rings (SSSR count). The molecule has 0 spiro atoms. The molecule has 0 heterocycles. The highest BCUT2D eigenvalue weighted by Crippen LogP contribution is 2.23. The van der Waals surface area contributed by atoms with E-state index in [1.165, 1.54) is 6.07 Å². The Kier molecular flexibility index (Phi) is 5.59. The van der Waals surface area contributed by atoms with E-state index in [0.717, 1.165) is 5.56 Å². The molecule has 0 saturated carbocycles. The molecule has 0 bridgehead atoms. The first-order valence-electron chi connectivity index (χ1n) is 6.51. The molecule has 0 unspecified atom stereocenters. The van der Waals surface area contributed by atoms with Crippen molar-refractivity contribution in [2.24, 2.45) is 5.92 Å². The van der Waals surface area contributed by atoms with Gasteiger partial charge in [-0.25, -0.2) is 8.42 Å². The van der Waals surface area contributed by atoms with Crippen LogP contribution in [0.15, 0.2) is 23.1 Å². The van der Waals surface area contributed by atoms with Crippen molar-refractivity contribution in [2.45, 2.75) is 32.6 Å². The molecular formula is C14H20ClNO3S. The van der Waals surface area contributed by atoms with Crippen molar-refractivity contribution >= 4 is 25.6 Å². The molecule has 0 saturated heterocycles. The van der Waals surface area contributed by atoms with E-state index in [1.807, 2.05) is 20.8 Å². The van der Waals surface area contributed by atoms with Crippen molar-refractivity contribution in [2.75, 3.05) is 13.1 Å². The van der Waals surface area contributed by atoms with E-state index in [1.54, 1.807) is 24.0 Å². The Morgan fingerprint density at radius 2 is 1.95 bits per heavy atom. The topological polar surface area (TPSA) is 54.5 Å². The van der Waals surface area contributed by atoms with E-state index >= 15 is 0 Å². The van der Waals surface area contributed by atoms with E-state index in [2.05, 4.69) is 0 Å². The van der Waals surface area contributed by atoms with E-state index in [0.29, 0.717) is 19.0 Å². The molecule has 1 aromatic rings. The fourth-order valence-electron chi connectivity index (χ4n) is 1.99. The van der Waals surface area contributed by atoms with Crippen LogP contribution in [0.5, 0.6) is 0 Å². The highest BCUT2D eigenvalue weighted by atomic mass is 35.7. The van der Waals surface area contributed by atoms with Crippen molar-refractivity contribution < 1.29 is 13.2 Å². The summed E-state index contributed by atoms with van der Waals surface area (Å²) in [7, 11) is 1.47. The Bertz CT molecular complexity index is 596. The summed E-state index contributed by atoms with van der Waals surface area (Å²) in [6.45, 7) is 8.78. The van der Waals surface area contributed by atoms with Crippen molar-refractivity contribution in [3.8, 4) is 0 Å². The number of hydrogen-bond acceptors (Lipinski definition) is 3. The van der Waals surface area contributed by atoms with Gasteiger partial charge in [0.1, 0.15) is 0 Å². The van der Waals surface area contributed by atoms with Crippen LogP contribution < -0.4 is 0 Å². The number of halogens is 1. The Balaban J connectivity index is 3.30. The lowest BCUT2D eigenvalue weighted by atomic mass is 10.1. The first-order chi connectivity index (χ1) is 9.16. The number of aryl methyl sites for hydroxylation is 1. The van der Waals surface area contributed by atoms with Gasteiger partial charge >= 0.3 is 0 Å². The smallest absolute Gasteiger partial charge is 0.262 e. The van der Waals surface area contributed by atoms with E-state index in [9.17, 15) is 13.2 Å². The van der Waals surface area contributed by atoms with Crippen LogP contribution in [0.4, 0.5) is 0 Å². The number of amides is 1. The van der Waals surface area contributed by atoms with Gasteiger partial charge in [-0.05, 0) is 31.9 Å². The van der Waals surface area contributed by atoms with E-state index < -0.39 is 9.05 Å². The van der Waals surface area contributed by atoms with Crippen LogP contribution in [0.3, 0.4) is 0 Å². The van der Waals surface area contributed by atoms with Crippen LogP contribution in [0.2, 0.25) is 0 Å². The zero-order chi connectivity index (χ0) is 15.5. The number of hydrogen-bond donors (Lipinski definition) is 0. The number of carbonyl (C=O) groups is 1. The first kappa shape index (κ1) is 17.0. The molecule has 6 heteroatoms. The largest absolute Gasteiger partial charge is 0.339 e. The lowest BCUT2D eigenvalue weighted by Crippen LogP contribution is -2.34. The molecule has 0 radical (unpaired) electrons. The molecule has 4 nitrogen and oxygen atoms in total. The molecule has 112 valence electrons. The molecule has 0 aliphatic carbocycles. The summed E-state index contributed by atoms with van der Waals surface area (Å²) in [6.07, 6.45) is 0. The Hall–Kier alpha value is -1.07. The van der Waals surface area contributed by atoms with Gasteiger partial charge in [0, 0.05) is 23.8 Å². The van der Waals surface area contributed by atoms with Gasteiger partial charge in [0.05, 0.1) is 10.5 Å². The first-order valence-corrected chi connectivity index (χ1v) is 8.82. The second-order valence-corrected chi connectivity index (χ2v) is 7.71. The lowest BCUT2D eigenvalue weighted by Gasteiger charge is -2.24. The average Bonchev–Trinajstić information content (AvgIpc) is 2.33. The summed E-state index contributed by atoms with van der Waals surface area (Å²) >= 11 is 0. The zero-order valence-corrected chi connectivity index (χ0v) is 13.8. The standard InChI is InChI=1S/C14H20ClNO3S/c1-5-16(9-10(2)3)14(17)12-8-11(4)6-7-13(12)20(15,18)19/h6-8,10H,5,9H2,1-4H3. The average molecular weight is 318 g/mol. The Morgan fingerprint density at radius 1 is 1.35 bits per heavy atom. The second-order valence-electron chi connectivity index (χ2n) is 5.18. The lowest BCUT2D eigenvalue weighted by molar-refractivity contribution is 0.0742. The molecule has 0 atom stereocenters. The van der Waals surface area contributed by atoms with E-state index in [4.69, 9.17) is 10.7 Å². The number of nitrogens with zero attached hydrogens (tertiary/aromatic N) is 1. The van der Waals surface area contributed by atoms with Gasteiger partial charge in [-0.15, -0.1) is 0 Å². The third kappa shape index (κ3) is 4.21. The molecular weight excluding hydrogens is 298 g/mol. The van der Waals surface area contributed by atoms with Crippen LogP contribution in [-0.2, 0) is 9.05 Å². The molecule has 0 N–H and O–H groups in total. The maximum Gasteiger partial charge on any atom is 0.262 e. The quantitative estimate of drug-likeness (QED) is 0.784. The summed E-state index contributed by atoms with van der Waals surface area (Å²) < 4.78 is 23.2. The van der Waals surface area contributed by atoms with Gasteiger partial charge in [-0.3, -0.25) is 4.79 Å². The van der Waals surface area contributed by atoms with Crippen molar-refractivity contribution in [1.29, 1.82) is 0 Å². The predicted octanol–water partition coefficient (Wildman–Crippen LogP) is 3.04. The van der Waals surface area contributed by atoms with Crippen LogP contribution in [0.1, 0.15) is 36.7 Å². The minimum atomic E-state index is -3.94. The van der Waals surface area contributed by atoms with Crippen LogP contribution in [0, 0.1) is 12.8 Å². The normalized spacial score (nSPS) is 11.7. The van der Waals surface area contributed by atoms with Gasteiger partial charge in [0.2, 0.25) is 0 Å². The summed E-state index contributed by atoms with van der Waals surface area (Å²) in [4.78, 5) is 14.0. The van der Waals surface area contributed by atoms with Gasteiger partial charge in [0.25, 0.3) is 15.0 Å². The zero-order valence-electron chi connectivity index (χ0n) is 12.2. The maximum absolute atomic E-state index is 12.5. The number of carbonyl (C=O) groups excluding carboxylic acids is 1. The predicted molar refractivity (Wildman–Crippen MR) is 80.6 cm³/mol. The minimum absolute atomic E-state index is 0.128. The van der Waals surface area contributed by atoms with Crippen LogP contribution in [0.25, 0.3) is 0 Å². The van der Waals surface area contributed by atoms with Crippen LogP contribution >= 0.6 is 10.7 Å². The Labute approximate surface area is 125 Å². The number of benzene rings is 1. The monoisotopic (exact) mass is 317 g/mol. The molecule has 0 aromatic heterocycles. The molecule has 1 amide bonds. The van der Waals surface area contributed by atoms with Gasteiger partial charge in [0.15, 0.2) is 0 Å². The SMILES string of the molecule is CCN(CC(C)C)C(=O)c1cc(C)ccc1S(=O)(=O)Cl. The third-order valence-electron chi connectivity index (χ3n) is 2.88. The van der Waals surface area contributed by atoms with Gasteiger partial charge in [-0.2, -0.15) is 0 Å². The second kappa shape index (κ2) is 6.59. The molecule has 0 fully saturated rings. The van der Waals surface area contributed by atoms with Gasteiger partial charge < -0.3 is 4.90 Å². The molecule has 0 aliphatic rings. The summed E-state index contributed by atoms with van der Waals surface area (Å²) in [5.41, 5.74) is 0.959. The molecule has 0 aliphatic heterocycles. The third-order valence-corrected chi connectivity index (χ3v) is 4.26. The summed E-state index contributed by atoms with van der Waals surface area (Å²) in [6, 6.07) is 4.58. The van der Waals surface area contributed by atoms with Gasteiger partial charge in [-0.1, -0.05) is 25.5 Å². The maximum atomic E-state index is 12.5. The minimum Gasteiger partial charge on any atom is -0.339 e. The highest BCUT2D eigenvalue weighted by Gasteiger charge is 2.24. The van der Waals surface area contributed by atoms with E-state index in [-0.39, 0.29) is 16.4 Å². The van der Waals surface area contributed by atoms with Crippen molar-refractivity contribution in [1.82, 2.24) is 4.90 Å². The van der Waals surface area contributed by atoms with Crippen molar-refractivity contribution in [3.63, 3.8) is 0 Å². The van der Waals surface area contributed by atoms with Crippen LogP contribution in [-0.4, -0.2) is 32.3 Å². The molecule has 20 heavy (non-hydrogen) atoms. The fourth-order valence-corrected chi connectivity index (χ4v) is 3.03. The highest BCUT2D eigenvalue weighted by molar-refractivity contribution is 8.13. The summed E-state index contributed by atoms with van der Waals surface area (Å²) in [5, 5.41) is 0. The number of rotatable bonds is 5. The Morgan fingerprint density at radius 3 is 2.40 bits per heavy atom. The fraction of sp³-hybridized carbons (Fsp3) is 0.500. The van der Waals surface area contributed by atoms with Crippen molar-refractivity contribution in [3.05, 3.63) is 29.3 Å². The summed E-state index contributed by atoms with van der Waals surface area (Å²) in [5.74, 6) is 0.00360.